The summed E-state index contributed by atoms with van der Waals surface area (Å²) in [7, 11) is 3.13. The van der Waals surface area contributed by atoms with Gasteiger partial charge in [0.05, 0.1) is 20.1 Å². The third-order valence-electron chi connectivity index (χ3n) is 6.20. The maximum Gasteiger partial charge on any atom is 0.255 e. The predicted octanol–water partition coefficient (Wildman–Crippen LogP) is 5.10. The number of halogens is 1. The number of pyridine rings is 1. The van der Waals surface area contributed by atoms with Gasteiger partial charge >= 0.3 is 0 Å². The summed E-state index contributed by atoms with van der Waals surface area (Å²) in [6.07, 6.45) is 2.72. The Bertz CT molecular complexity index is 1220. The van der Waals surface area contributed by atoms with Gasteiger partial charge in [-0.25, -0.2) is 4.98 Å². The number of benzene rings is 1. The van der Waals surface area contributed by atoms with Gasteiger partial charge in [0.1, 0.15) is 5.82 Å². The third kappa shape index (κ3) is 4.46. The number of para-hydroxylation sites is 1. The van der Waals surface area contributed by atoms with Crippen molar-refractivity contribution in [3.05, 3.63) is 69.1 Å². The lowest BCUT2D eigenvalue weighted by Crippen LogP contribution is -2.39. The molecule has 178 valence electrons. The molecule has 1 amide bonds. The molecule has 2 N–H and O–H groups in total. The molecule has 0 saturated carbocycles. The number of nitrogens with zero attached hydrogens (tertiary/aromatic N) is 1. The Kier molecular flexibility index (Phi) is 6.53. The second-order valence-electron chi connectivity index (χ2n) is 9.33. The number of ether oxygens (including phenoxy) is 2. The van der Waals surface area contributed by atoms with Crippen LogP contribution in [0.25, 0.3) is 0 Å². The van der Waals surface area contributed by atoms with Crippen molar-refractivity contribution in [2.45, 2.75) is 39.5 Å². The number of hydrogen-bond donors (Lipinski definition) is 2. The van der Waals surface area contributed by atoms with E-state index in [9.17, 15) is 9.59 Å². The lowest BCUT2D eigenvalue weighted by molar-refractivity contribution is -0.118. The first-order chi connectivity index (χ1) is 16.1. The van der Waals surface area contributed by atoms with Crippen LogP contribution in [0.4, 0.5) is 5.82 Å². The van der Waals surface area contributed by atoms with Crippen LogP contribution in [-0.2, 0) is 9.59 Å². The molecule has 1 aromatic carbocycles. The number of carbonyl (C=O) groups excluding carboxylic acids is 2. The summed E-state index contributed by atoms with van der Waals surface area (Å²) in [6, 6.07) is 9.05. The van der Waals surface area contributed by atoms with Gasteiger partial charge in [0, 0.05) is 45.2 Å². The summed E-state index contributed by atoms with van der Waals surface area (Å²) in [4.78, 5) is 31.4. The van der Waals surface area contributed by atoms with Crippen LogP contribution in [0.5, 0.6) is 11.5 Å². The Hall–Kier alpha value is -3.13. The van der Waals surface area contributed by atoms with E-state index in [4.69, 9.17) is 9.47 Å². The molecule has 34 heavy (non-hydrogen) atoms. The van der Waals surface area contributed by atoms with Gasteiger partial charge in [-0.15, -0.1) is 0 Å². The summed E-state index contributed by atoms with van der Waals surface area (Å²) in [5.74, 6) is 0.533. The normalized spacial score (nSPS) is 19.4. The van der Waals surface area contributed by atoms with Crippen LogP contribution in [-0.4, -0.2) is 30.9 Å². The molecule has 4 rings (SSSR count). The Balaban J connectivity index is 1.87. The molecule has 7 nitrogen and oxygen atoms in total. The first-order valence-electron chi connectivity index (χ1n) is 11.0. The van der Waals surface area contributed by atoms with Gasteiger partial charge in [-0.1, -0.05) is 26.0 Å². The fraction of sp³-hybridized carbons (Fsp3) is 0.346. The molecule has 0 spiro atoms. The summed E-state index contributed by atoms with van der Waals surface area (Å²) in [5, 5.41) is 6.26. The summed E-state index contributed by atoms with van der Waals surface area (Å²) in [6.45, 7) is 6.02. The van der Waals surface area contributed by atoms with Crippen molar-refractivity contribution < 1.29 is 19.1 Å². The number of dihydropyridines is 1. The Morgan fingerprint density at radius 3 is 2.59 bits per heavy atom. The maximum absolute atomic E-state index is 13.6. The van der Waals surface area contributed by atoms with E-state index < -0.39 is 5.92 Å². The largest absolute Gasteiger partial charge is 0.493 e. The smallest absolute Gasteiger partial charge is 0.255 e. The highest BCUT2D eigenvalue weighted by atomic mass is 79.9. The molecule has 2 aromatic rings. The van der Waals surface area contributed by atoms with Crippen molar-refractivity contribution in [2.24, 2.45) is 5.41 Å². The number of carbonyl (C=O) groups is 2. The summed E-state index contributed by atoms with van der Waals surface area (Å²) in [5.41, 5.74) is 3.12. The van der Waals surface area contributed by atoms with E-state index in [0.717, 1.165) is 10.2 Å². The standard InChI is InChI=1S/C26H28BrN3O4/c1-14-21(25(32)30-20-10-9-15(27)13-28-20)22(16-7-6-8-19(33-4)24(16)34-5)23-17(29-14)11-26(2,3)12-18(23)31/h6-10,13,22,29H,11-12H2,1-5H3,(H,28,30,32). The van der Waals surface area contributed by atoms with E-state index in [1.54, 1.807) is 38.6 Å². The molecule has 0 bridgehead atoms. The predicted molar refractivity (Wildman–Crippen MR) is 134 cm³/mol. The van der Waals surface area contributed by atoms with Gasteiger partial charge < -0.3 is 20.1 Å². The van der Waals surface area contributed by atoms with Crippen LogP contribution in [0.1, 0.15) is 45.1 Å². The zero-order chi connectivity index (χ0) is 24.6. The quantitative estimate of drug-likeness (QED) is 0.564. The van der Waals surface area contributed by atoms with Gasteiger partial charge in [-0.2, -0.15) is 0 Å². The van der Waals surface area contributed by atoms with E-state index >= 15 is 0 Å². The van der Waals surface area contributed by atoms with Gasteiger partial charge in [-0.05, 0) is 52.9 Å². The zero-order valence-electron chi connectivity index (χ0n) is 19.9. The fourth-order valence-corrected chi connectivity index (χ4v) is 5.06. The average molecular weight is 526 g/mol. The number of ketones is 1. The van der Waals surface area contributed by atoms with Crippen molar-refractivity contribution in [3.8, 4) is 11.5 Å². The molecular weight excluding hydrogens is 498 g/mol. The number of methoxy groups -OCH3 is 2. The Morgan fingerprint density at radius 2 is 1.94 bits per heavy atom. The van der Waals surface area contributed by atoms with E-state index in [1.807, 2.05) is 19.1 Å². The van der Waals surface area contributed by atoms with Gasteiger partial charge in [-0.3, -0.25) is 9.59 Å². The molecule has 0 fully saturated rings. The van der Waals surface area contributed by atoms with Crippen LogP contribution in [0, 0.1) is 5.41 Å². The number of Topliss-reactive ketones (excluding diaryl/α,β-unsaturated/α-hetero) is 1. The van der Waals surface area contributed by atoms with Crippen LogP contribution in [0.15, 0.2) is 63.5 Å². The van der Waals surface area contributed by atoms with Gasteiger partial charge in [0.25, 0.3) is 5.91 Å². The molecule has 1 aliphatic heterocycles. The highest BCUT2D eigenvalue weighted by molar-refractivity contribution is 9.10. The number of rotatable bonds is 5. The van der Waals surface area contributed by atoms with Crippen molar-refractivity contribution in [1.82, 2.24) is 10.3 Å². The lowest BCUT2D eigenvalue weighted by Gasteiger charge is -2.40. The molecule has 0 radical (unpaired) electrons. The number of hydrogen-bond acceptors (Lipinski definition) is 6. The van der Waals surface area contributed by atoms with Crippen molar-refractivity contribution in [3.63, 3.8) is 0 Å². The Labute approximate surface area is 207 Å². The maximum atomic E-state index is 13.6. The van der Waals surface area contributed by atoms with Crippen molar-refractivity contribution in [1.29, 1.82) is 0 Å². The summed E-state index contributed by atoms with van der Waals surface area (Å²) < 4.78 is 12.1. The van der Waals surface area contributed by atoms with Crippen molar-refractivity contribution >= 4 is 33.4 Å². The molecule has 2 heterocycles. The van der Waals surface area contributed by atoms with Gasteiger partial charge in [0.15, 0.2) is 17.3 Å². The van der Waals surface area contributed by atoms with E-state index in [2.05, 4.69) is 45.4 Å². The molecule has 2 aliphatic rings. The molecule has 1 unspecified atom stereocenters. The van der Waals surface area contributed by atoms with E-state index in [0.29, 0.717) is 52.6 Å². The molecule has 1 aromatic heterocycles. The average Bonchev–Trinajstić information content (AvgIpc) is 2.78. The molecule has 0 saturated heterocycles. The minimum atomic E-state index is -0.611. The summed E-state index contributed by atoms with van der Waals surface area (Å²) >= 11 is 3.36. The molecule has 1 atom stereocenters. The highest BCUT2D eigenvalue weighted by Crippen LogP contribution is 2.50. The number of amides is 1. The Morgan fingerprint density at radius 1 is 1.18 bits per heavy atom. The number of anilines is 1. The SMILES string of the molecule is COc1cccc(C2C(C(=O)Nc3ccc(Br)cn3)=C(C)NC3=C2C(=O)CC(C)(C)C3)c1OC. The monoisotopic (exact) mass is 525 g/mol. The minimum Gasteiger partial charge on any atom is -0.493 e. The van der Waals surface area contributed by atoms with Gasteiger partial charge in [0.2, 0.25) is 0 Å². The molecule has 1 aliphatic carbocycles. The zero-order valence-corrected chi connectivity index (χ0v) is 21.5. The van der Waals surface area contributed by atoms with Crippen LogP contribution in [0.3, 0.4) is 0 Å². The molecule has 8 heteroatoms. The van der Waals surface area contributed by atoms with E-state index in [1.165, 1.54) is 0 Å². The number of nitrogens with one attached hydrogen (secondary N) is 2. The van der Waals surface area contributed by atoms with Crippen LogP contribution in [0.2, 0.25) is 0 Å². The fourth-order valence-electron chi connectivity index (χ4n) is 4.82. The third-order valence-corrected chi connectivity index (χ3v) is 6.67. The van der Waals surface area contributed by atoms with E-state index in [-0.39, 0.29) is 17.1 Å². The lowest BCUT2D eigenvalue weighted by atomic mass is 9.68. The highest BCUT2D eigenvalue weighted by Gasteiger charge is 2.43. The second-order valence-corrected chi connectivity index (χ2v) is 10.2. The van der Waals surface area contributed by atoms with Crippen molar-refractivity contribution in [2.75, 3.05) is 19.5 Å². The van der Waals surface area contributed by atoms with Crippen LogP contribution >= 0.6 is 15.9 Å². The number of aromatic nitrogens is 1. The first-order valence-corrected chi connectivity index (χ1v) is 11.8. The number of allylic oxidation sites excluding steroid dienone is 3. The topological polar surface area (TPSA) is 89.5 Å². The molecular formula is C26H28BrN3O4. The van der Waals surface area contributed by atoms with Crippen LogP contribution < -0.4 is 20.1 Å². The first kappa shape index (κ1) is 24.0. The minimum absolute atomic E-state index is 0.0215. The second kappa shape index (κ2) is 9.25.